The number of amides is 1. The number of benzene rings is 6. The van der Waals surface area contributed by atoms with Crippen LogP contribution in [0.4, 0.5) is 13.2 Å². The predicted octanol–water partition coefficient (Wildman–Crippen LogP) is 13.5. The number of nitrogens with zero attached hydrogens (tertiary/aromatic N) is 3. The van der Waals surface area contributed by atoms with E-state index in [1.165, 1.54) is 64.7 Å². The summed E-state index contributed by atoms with van der Waals surface area (Å²) >= 11 is 0. The van der Waals surface area contributed by atoms with Crippen molar-refractivity contribution in [2.45, 2.75) is 185 Å². The smallest absolute Gasteiger partial charge is 0.217 e. The molecule has 26 nitrogen and oxygen atoms in total. The fourth-order valence-corrected chi connectivity index (χ4v) is 14.6. The number of halogens is 3. The number of carbonyl (C=O) groups excluding carboxylic acids is 4. The number of methoxy groups -OCH3 is 3. The van der Waals surface area contributed by atoms with Crippen LogP contribution in [0.3, 0.4) is 0 Å². The monoisotopic (exact) mass is 1720 g/mol. The lowest BCUT2D eigenvalue weighted by Crippen LogP contribution is -2.47. The number of nitrogens with one attached hydrogen (secondary N) is 2. The standard InChI is InChI=1S/C33H41FN2O7S.C31H35FN2O7.C29H33FN2O6/c1-20(37)18-42-26-13-10-22(16-27(26)41-7)25(38)14-15-33(6,39)28-17-24-30(29(35-28)21-8-11-23(34)12-9-21)43-19-32(24,5)36-44(40)31(2,3)4;1-18(35)16-40-25-11-8-21(14-26(25)39-5)24(37)12-13-31(4,38)27-15-23-29(41-17-30(23,3)34-19(2)36)28(33-27)20-6-9-22(32)10-7-20;1-17(33)15-37-23-10-7-19(13-24(23)36-4)22(34)11-12-29(3,35)25-14-21-27(38-16-28(21,2)31)26(32-25)18-5-8-20(30)9-6-18/h8-13,16-17,20,36-37,39H,14-15,18-19H2,1-7H3;6-11,14-15,18,35,38H,12-13,16-17H2,1-5H3,(H,34,36);5-10,13-14,17,33,35H,11-12,15-16,31H2,1-4H3/t20-,32-,33-,44?;18-,30-,31-;17-,28-,29-/m111/s1. The van der Waals surface area contributed by atoms with Gasteiger partial charge in [-0.25, -0.2) is 37.1 Å². The highest BCUT2D eigenvalue weighted by Gasteiger charge is 2.46. The van der Waals surface area contributed by atoms with Crippen molar-refractivity contribution in [2.75, 3.05) is 61.0 Å². The first-order valence-electron chi connectivity index (χ1n) is 40.1. The summed E-state index contributed by atoms with van der Waals surface area (Å²) in [6.45, 7) is 22.9. The van der Waals surface area contributed by atoms with Gasteiger partial charge in [0, 0.05) is 76.3 Å². The number of nitrogens with two attached hydrogens (primary N) is 1. The Hall–Kier alpha value is -10.9. The Balaban J connectivity index is 0.000000194. The topological polar surface area (TPSA) is 379 Å². The lowest BCUT2D eigenvalue weighted by atomic mass is 9.87. The highest BCUT2D eigenvalue weighted by Crippen LogP contribution is 2.49. The van der Waals surface area contributed by atoms with Gasteiger partial charge in [0.05, 0.1) is 83.5 Å². The van der Waals surface area contributed by atoms with Crippen molar-refractivity contribution in [1.82, 2.24) is 25.0 Å². The number of carbonyl (C=O) groups is 4. The van der Waals surface area contributed by atoms with Crippen LogP contribution < -0.4 is 58.4 Å². The van der Waals surface area contributed by atoms with Gasteiger partial charge in [0.25, 0.3) is 0 Å². The molecule has 10 N–H and O–H groups in total. The van der Waals surface area contributed by atoms with Gasteiger partial charge in [-0.2, -0.15) is 0 Å². The van der Waals surface area contributed by atoms with Crippen LogP contribution in [0.2, 0.25) is 0 Å². The Labute approximate surface area is 716 Å². The molecule has 1 unspecified atom stereocenters. The van der Waals surface area contributed by atoms with Crippen molar-refractivity contribution in [3.8, 4) is 85.5 Å². The number of aromatic nitrogens is 3. The average molecular weight is 1720 g/mol. The highest BCUT2D eigenvalue weighted by molar-refractivity contribution is 7.84. The van der Waals surface area contributed by atoms with Crippen LogP contribution >= 0.6 is 0 Å². The molecule has 0 saturated heterocycles. The lowest BCUT2D eigenvalue weighted by Gasteiger charge is -2.30. The fraction of sp³-hybridized carbons (Fsp3) is 0.409. The second kappa shape index (κ2) is 38.9. The molecule has 0 fully saturated rings. The van der Waals surface area contributed by atoms with Crippen LogP contribution in [0, 0.1) is 17.5 Å². The van der Waals surface area contributed by atoms with Crippen molar-refractivity contribution in [3.63, 3.8) is 0 Å². The number of pyridine rings is 3. The first-order chi connectivity index (χ1) is 57.8. The predicted molar refractivity (Wildman–Crippen MR) is 456 cm³/mol. The number of rotatable bonds is 33. The van der Waals surface area contributed by atoms with Gasteiger partial charge in [-0.3, -0.25) is 19.2 Å². The number of ketones is 3. The number of aliphatic hydroxyl groups is 6. The van der Waals surface area contributed by atoms with Gasteiger partial charge in [0.2, 0.25) is 5.91 Å². The van der Waals surface area contributed by atoms with Crippen LogP contribution in [0.15, 0.2) is 146 Å². The number of hydrogen-bond acceptors (Lipinski definition) is 24. The highest BCUT2D eigenvalue weighted by atomic mass is 32.2. The van der Waals surface area contributed by atoms with Gasteiger partial charge in [0.15, 0.2) is 69.1 Å². The molecule has 30 heteroatoms. The number of hydrogen-bond donors (Lipinski definition) is 9. The van der Waals surface area contributed by atoms with E-state index in [9.17, 15) is 67.2 Å². The van der Waals surface area contributed by atoms with Crippen LogP contribution in [-0.2, 0) is 49.2 Å². The lowest BCUT2D eigenvalue weighted by molar-refractivity contribution is -0.121. The van der Waals surface area contributed by atoms with E-state index in [0.717, 1.165) is 0 Å². The fourth-order valence-electron chi connectivity index (χ4n) is 13.7. The first-order valence-corrected chi connectivity index (χ1v) is 41.3. The summed E-state index contributed by atoms with van der Waals surface area (Å²) in [6.07, 6.45) is -1.78. The van der Waals surface area contributed by atoms with Gasteiger partial charge in [-0.05, 0) is 248 Å². The zero-order valence-corrected chi connectivity index (χ0v) is 72.8. The molecule has 0 bridgehead atoms. The maximum Gasteiger partial charge on any atom is 0.217 e. The van der Waals surface area contributed by atoms with E-state index in [2.05, 4.69) is 15.0 Å². The Kier molecular flexibility index (Phi) is 29.8. The number of Topliss-reactive ketones (excluding diaryl/α,β-unsaturated/α-hetero) is 3. The maximum atomic E-state index is 13.8. The maximum absolute atomic E-state index is 13.8. The number of fused-ring (bicyclic) bond motifs is 3. The molecule has 3 aliphatic heterocycles. The van der Waals surface area contributed by atoms with E-state index >= 15 is 0 Å². The Bertz CT molecular complexity index is 5330. The third kappa shape index (κ3) is 23.1. The molecule has 6 heterocycles. The van der Waals surface area contributed by atoms with Crippen molar-refractivity contribution >= 4 is 34.2 Å². The molecule has 3 aromatic heterocycles. The molecule has 6 aromatic carbocycles. The van der Waals surface area contributed by atoms with E-state index in [1.54, 1.807) is 151 Å². The molecule has 9 aromatic rings. The molecular weight excluding hydrogens is 1610 g/mol. The van der Waals surface area contributed by atoms with E-state index < -0.39 is 79.1 Å². The summed E-state index contributed by atoms with van der Waals surface area (Å²) < 4.78 is 107. The van der Waals surface area contributed by atoms with E-state index in [0.29, 0.717) is 130 Å². The van der Waals surface area contributed by atoms with Crippen molar-refractivity contribution in [2.24, 2.45) is 5.73 Å². The molecule has 123 heavy (non-hydrogen) atoms. The van der Waals surface area contributed by atoms with Gasteiger partial charge >= 0.3 is 0 Å². The SMILES string of the molecule is COc1cc(C(=O)CC[C@@](C)(O)c2cc3c(c(-c4ccc(F)cc4)n2)OC[C@@]3(C)N)ccc1OC[C@@H](C)O.COc1cc(C(=O)CC[C@@](C)(O)c2cc3c(c(-c4ccc(F)cc4)n2)OC[C@@]3(C)NC(C)=O)ccc1OC[C@@H](C)O.COc1cc(C(=O)CC[C@@](C)(O)c2cc3c(c(-c4ccc(F)cc4)n2)OC[C@@]3(C)NS(=O)C(C)(C)C)ccc1OC[C@@H](C)O. The van der Waals surface area contributed by atoms with Crippen molar-refractivity contribution in [1.29, 1.82) is 0 Å². The van der Waals surface area contributed by atoms with Crippen LogP contribution in [-0.4, -0.2) is 157 Å². The van der Waals surface area contributed by atoms with E-state index in [4.69, 9.17) is 58.3 Å². The van der Waals surface area contributed by atoms with E-state index in [-0.39, 0.29) is 113 Å². The third-order valence-corrected chi connectivity index (χ3v) is 22.7. The molecule has 12 rings (SSSR count). The molecule has 0 radical (unpaired) electrons. The minimum atomic E-state index is -1.55. The van der Waals surface area contributed by atoms with Crippen LogP contribution in [0.5, 0.6) is 51.7 Å². The van der Waals surface area contributed by atoms with Gasteiger partial charge < -0.3 is 84.3 Å². The summed E-state index contributed by atoms with van der Waals surface area (Å²) in [4.78, 5) is 65.5. The first kappa shape index (κ1) is 94.3. The number of ether oxygens (including phenoxy) is 9. The number of aliphatic hydroxyl groups excluding tert-OH is 3. The quantitative estimate of drug-likeness (QED) is 0.0173. The van der Waals surface area contributed by atoms with Crippen LogP contribution in [0.1, 0.15) is 193 Å². The Morgan fingerprint density at radius 1 is 0.463 bits per heavy atom. The molecule has 1 amide bonds. The molecule has 0 saturated carbocycles. The average Bonchev–Trinajstić information content (AvgIpc) is 1.63. The molecule has 0 aliphatic carbocycles. The van der Waals surface area contributed by atoms with Crippen molar-refractivity contribution in [3.05, 3.63) is 214 Å². The largest absolute Gasteiger partial charge is 0.493 e. The normalized spacial score (nSPS) is 18.6. The summed E-state index contributed by atoms with van der Waals surface area (Å²) in [6, 6.07) is 36.9. The molecule has 658 valence electrons. The second-order valence-electron chi connectivity index (χ2n) is 33.5. The molecule has 0 spiro atoms. The zero-order valence-electron chi connectivity index (χ0n) is 71.9. The summed E-state index contributed by atoms with van der Waals surface area (Å²) in [5.74, 6) is 1.61. The molecular formula is C93H109F3N6O20S. The summed E-state index contributed by atoms with van der Waals surface area (Å²) in [5, 5.41) is 66.1. The Morgan fingerprint density at radius 3 is 1.06 bits per heavy atom. The van der Waals surface area contributed by atoms with Gasteiger partial charge in [-0.1, -0.05) is 0 Å². The van der Waals surface area contributed by atoms with Gasteiger partial charge in [-0.15, -0.1) is 0 Å². The molecule has 10 atom stereocenters. The minimum Gasteiger partial charge on any atom is -0.493 e. The zero-order chi connectivity index (χ0) is 90.1. The third-order valence-electron chi connectivity index (χ3n) is 21.0. The molecule has 3 aliphatic rings. The minimum absolute atomic E-state index is 0.00522. The second-order valence-corrected chi connectivity index (χ2v) is 35.5. The van der Waals surface area contributed by atoms with Crippen molar-refractivity contribution < 1.29 is 110 Å². The Morgan fingerprint density at radius 2 is 0.756 bits per heavy atom. The van der Waals surface area contributed by atoms with E-state index in [1.807, 2.05) is 41.5 Å². The van der Waals surface area contributed by atoms with Crippen LogP contribution in [0.25, 0.3) is 33.8 Å². The summed E-state index contributed by atoms with van der Waals surface area (Å²) in [5.41, 5.74) is 6.44. The van der Waals surface area contributed by atoms with Gasteiger partial charge in [0.1, 0.15) is 96.5 Å². The summed E-state index contributed by atoms with van der Waals surface area (Å²) in [7, 11) is 2.96.